The topological polar surface area (TPSA) is 12.0 Å². The molecule has 1 nitrogen and oxygen atoms in total. The van der Waals surface area contributed by atoms with Crippen LogP contribution in [0.1, 0.15) is 12.5 Å². The van der Waals surface area contributed by atoms with Crippen molar-refractivity contribution < 1.29 is 8.78 Å². The number of hydrogen-bond acceptors (Lipinski definition) is 1. The first-order valence-electron chi connectivity index (χ1n) is 5.96. The maximum atomic E-state index is 13.9. The van der Waals surface area contributed by atoms with E-state index in [0.717, 1.165) is 12.1 Å². The van der Waals surface area contributed by atoms with Crippen molar-refractivity contribution in [2.45, 2.75) is 13.5 Å². The van der Waals surface area contributed by atoms with Crippen LogP contribution in [0.5, 0.6) is 0 Å². The minimum atomic E-state index is -0.407. The van der Waals surface area contributed by atoms with Crippen molar-refractivity contribution in [3.8, 4) is 11.1 Å². The van der Waals surface area contributed by atoms with Crippen LogP contribution in [0.3, 0.4) is 0 Å². The number of benzene rings is 2. The predicted octanol–water partition coefficient (Wildman–Crippen LogP) is 3.74. The van der Waals surface area contributed by atoms with Crippen molar-refractivity contribution >= 4 is 0 Å². The van der Waals surface area contributed by atoms with E-state index in [1.54, 1.807) is 24.3 Å². The van der Waals surface area contributed by atoms with E-state index >= 15 is 0 Å². The molecule has 0 aliphatic carbocycles. The standard InChI is InChI=1S/C15H15F2N/c1-2-18-10-11-7-8-13(15(17)9-11)12-5-3-4-6-14(12)16/h3-9,18H,2,10H2,1H3. The second-order valence-electron chi connectivity index (χ2n) is 4.07. The molecule has 0 aliphatic rings. The van der Waals surface area contributed by atoms with Gasteiger partial charge in [-0.25, -0.2) is 8.78 Å². The fraction of sp³-hybridized carbons (Fsp3) is 0.200. The molecule has 2 aromatic rings. The molecule has 0 amide bonds. The second kappa shape index (κ2) is 5.74. The van der Waals surface area contributed by atoms with E-state index in [-0.39, 0.29) is 0 Å². The lowest BCUT2D eigenvalue weighted by atomic mass is 10.0. The lowest BCUT2D eigenvalue weighted by Gasteiger charge is -2.07. The molecule has 2 rings (SSSR count). The van der Waals surface area contributed by atoms with Gasteiger partial charge in [0.15, 0.2) is 0 Å². The molecule has 18 heavy (non-hydrogen) atoms. The van der Waals surface area contributed by atoms with E-state index in [4.69, 9.17) is 0 Å². The Bertz CT molecular complexity index is 538. The fourth-order valence-corrected chi connectivity index (χ4v) is 1.84. The van der Waals surface area contributed by atoms with Gasteiger partial charge in [-0.05, 0) is 24.2 Å². The van der Waals surface area contributed by atoms with E-state index in [9.17, 15) is 8.78 Å². The highest BCUT2D eigenvalue weighted by molar-refractivity contribution is 5.65. The number of hydrogen-bond donors (Lipinski definition) is 1. The third-order valence-electron chi connectivity index (χ3n) is 2.78. The Balaban J connectivity index is 2.33. The summed E-state index contributed by atoms with van der Waals surface area (Å²) in [6, 6.07) is 11.1. The molecule has 0 saturated heterocycles. The second-order valence-corrected chi connectivity index (χ2v) is 4.07. The van der Waals surface area contributed by atoms with E-state index in [1.165, 1.54) is 12.1 Å². The van der Waals surface area contributed by atoms with Gasteiger partial charge in [0, 0.05) is 17.7 Å². The molecule has 0 unspecified atom stereocenters. The van der Waals surface area contributed by atoms with Gasteiger partial charge in [-0.15, -0.1) is 0 Å². The lowest BCUT2D eigenvalue weighted by Crippen LogP contribution is -2.11. The molecule has 0 saturated carbocycles. The molecule has 1 N–H and O–H groups in total. The summed E-state index contributed by atoms with van der Waals surface area (Å²) in [5, 5.41) is 3.12. The summed E-state index contributed by atoms with van der Waals surface area (Å²) in [7, 11) is 0. The number of halogens is 2. The van der Waals surface area contributed by atoms with Crippen molar-refractivity contribution in [1.82, 2.24) is 5.32 Å². The van der Waals surface area contributed by atoms with E-state index in [2.05, 4.69) is 5.32 Å². The Hall–Kier alpha value is -1.74. The molecule has 0 heterocycles. The quantitative estimate of drug-likeness (QED) is 0.867. The molecule has 0 aromatic heterocycles. The van der Waals surface area contributed by atoms with Gasteiger partial charge in [-0.2, -0.15) is 0 Å². The molecule has 0 aliphatic heterocycles. The van der Waals surface area contributed by atoms with Gasteiger partial charge < -0.3 is 5.32 Å². The maximum absolute atomic E-state index is 13.9. The fourth-order valence-electron chi connectivity index (χ4n) is 1.84. The summed E-state index contributed by atoms with van der Waals surface area (Å²) in [5.74, 6) is -0.800. The third kappa shape index (κ3) is 2.74. The molecule has 2 aromatic carbocycles. The normalized spacial score (nSPS) is 10.6. The van der Waals surface area contributed by atoms with Crippen molar-refractivity contribution in [2.75, 3.05) is 6.54 Å². The Labute approximate surface area is 105 Å². The highest BCUT2D eigenvalue weighted by Crippen LogP contribution is 2.25. The Kier molecular flexibility index (Phi) is 4.05. The predicted molar refractivity (Wildman–Crippen MR) is 69.2 cm³/mol. The Morgan fingerprint density at radius 2 is 1.67 bits per heavy atom. The average molecular weight is 247 g/mol. The van der Waals surface area contributed by atoms with Gasteiger partial charge in [-0.3, -0.25) is 0 Å². The summed E-state index contributed by atoms with van der Waals surface area (Å²) in [6.45, 7) is 3.44. The highest BCUT2D eigenvalue weighted by atomic mass is 19.1. The van der Waals surface area contributed by atoms with Crippen molar-refractivity contribution in [3.05, 3.63) is 59.7 Å². The molecule has 3 heteroatoms. The monoisotopic (exact) mass is 247 g/mol. The van der Waals surface area contributed by atoms with Gasteiger partial charge in [0.05, 0.1) is 0 Å². The van der Waals surface area contributed by atoms with Crippen LogP contribution in [0.15, 0.2) is 42.5 Å². The SMILES string of the molecule is CCNCc1ccc(-c2ccccc2F)c(F)c1. The molecular weight excluding hydrogens is 232 g/mol. The van der Waals surface area contributed by atoms with Crippen LogP contribution in [0.2, 0.25) is 0 Å². The van der Waals surface area contributed by atoms with E-state index in [0.29, 0.717) is 17.7 Å². The van der Waals surface area contributed by atoms with E-state index in [1.807, 2.05) is 13.0 Å². The summed E-state index contributed by atoms with van der Waals surface area (Å²) in [6.07, 6.45) is 0. The first-order valence-corrected chi connectivity index (χ1v) is 5.96. The molecular formula is C15H15F2N. The summed E-state index contributed by atoms with van der Waals surface area (Å²) < 4.78 is 27.5. The zero-order valence-corrected chi connectivity index (χ0v) is 10.2. The van der Waals surface area contributed by atoms with Crippen LogP contribution in [-0.4, -0.2) is 6.54 Å². The van der Waals surface area contributed by atoms with Crippen molar-refractivity contribution in [2.24, 2.45) is 0 Å². The third-order valence-corrected chi connectivity index (χ3v) is 2.78. The molecule has 94 valence electrons. The lowest BCUT2D eigenvalue weighted by molar-refractivity contribution is 0.613. The van der Waals surface area contributed by atoms with Crippen LogP contribution >= 0.6 is 0 Å². The average Bonchev–Trinajstić information content (AvgIpc) is 2.38. The molecule has 0 fully saturated rings. The van der Waals surface area contributed by atoms with Crippen LogP contribution < -0.4 is 5.32 Å². The summed E-state index contributed by atoms with van der Waals surface area (Å²) in [5.41, 5.74) is 1.45. The number of rotatable bonds is 4. The van der Waals surface area contributed by atoms with Crippen molar-refractivity contribution in [1.29, 1.82) is 0 Å². The molecule has 0 radical (unpaired) electrons. The van der Waals surface area contributed by atoms with Gasteiger partial charge in [0.25, 0.3) is 0 Å². The highest BCUT2D eigenvalue weighted by Gasteiger charge is 2.09. The first-order chi connectivity index (χ1) is 8.72. The largest absolute Gasteiger partial charge is 0.313 e. The minimum Gasteiger partial charge on any atom is -0.313 e. The van der Waals surface area contributed by atoms with Gasteiger partial charge in [-0.1, -0.05) is 37.3 Å². The van der Waals surface area contributed by atoms with Crippen molar-refractivity contribution in [3.63, 3.8) is 0 Å². The minimum absolute atomic E-state index is 0.296. The van der Waals surface area contributed by atoms with Crippen LogP contribution in [0, 0.1) is 11.6 Å². The molecule has 0 atom stereocenters. The smallest absolute Gasteiger partial charge is 0.131 e. The van der Waals surface area contributed by atoms with Crippen LogP contribution in [0.4, 0.5) is 8.78 Å². The number of nitrogens with one attached hydrogen (secondary N) is 1. The first kappa shape index (κ1) is 12.7. The zero-order valence-electron chi connectivity index (χ0n) is 10.2. The summed E-state index contributed by atoms with van der Waals surface area (Å²) >= 11 is 0. The Morgan fingerprint density at radius 1 is 0.944 bits per heavy atom. The van der Waals surface area contributed by atoms with Crippen LogP contribution in [0.25, 0.3) is 11.1 Å². The van der Waals surface area contributed by atoms with Gasteiger partial charge >= 0.3 is 0 Å². The van der Waals surface area contributed by atoms with E-state index < -0.39 is 11.6 Å². The molecule has 0 bridgehead atoms. The summed E-state index contributed by atoms with van der Waals surface area (Å²) in [4.78, 5) is 0. The maximum Gasteiger partial charge on any atom is 0.131 e. The zero-order chi connectivity index (χ0) is 13.0. The van der Waals surface area contributed by atoms with Gasteiger partial charge in [0.2, 0.25) is 0 Å². The van der Waals surface area contributed by atoms with Crippen LogP contribution in [-0.2, 0) is 6.54 Å². The Morgan fingerprint density at radius 3 is 2.33 bits per heavy atom. The van der Waals surface area contributed by atoms with Gasteiger partial charge in [0.1, 0.15) is 11.6 Å². The molecule has 0 spiro atoms.